The van der Waals surface area contributed by atoms with Gasteiger partial charge in [-0.15, -0.1) is 0 Å². The monoisotopic (exact) mass is 196 g/mol. The van der Waals surface area contributed by atoms with Crippen molar-refractivity contribution in [1.82, 2.24) is 0 Å². The fourth-order valence-corrected chi connectivity index (χ4v) is 2.21. The minimum atomic E-state index is -0.0992. The van der Waals surface area contributed by atoms with Gasteiger partial charge in [0.15, 0.2) is 0 Å². The molecule has 0 saturated carbocycles. The molecule has 0 spiro atoms. The standard InChI is InChI=1S/C12H20O2/c1-10-5-4-7-12(2,9-10)8-6-11(13)14-3/h4,7,10H,5-6,8-9H2,1-3H3/t10-,12-/m1/s1. The van der Waals surface area contributed by atoms with Crippen LogP contribution in [-0.4, -0.2) is 13.1 Å². The molecule has 2 nitrogen and oxygen atoms in total. The summed E-state index contributed by atoms with van der Waals surface area (Å²) in [4.78, 5) is 11.0. The van der Waals surface area contributed by atoms with E-state index in [1.165, 1.54) is 20.0 Å². The molecular weight excluding hydrogens is 176 g/mol. The molecule has 0 fully saturated rings. The van der Waals surface area contributed by atoms with E-state index >= 15 is 0 Å². The average molecular weight is 196 g/mol. The molecular formula is C12H20O2. The van der Waals surface area contributed by atoms with Gasteiger partial charge >= 0.3 is 5.97 Å². The zero-order valence-electron chi connectivity index (χ0n) is 9.38. The average Bonchev–Trinajstić information content (AvgIpc) is 2.14. The van der Waals surface area contributed by atoms with Crippen molar-refractivity contribution in [3.05, 3.63) is 12.2 Å². The first-order chi connectivity index (χ1) is 6.56. The number of carbonyl (C=O) groups is 1. The van der Waals surface area contributed by atoms with E-state index in [1.54, 1.807) is 0 Å². The van der Waals surface area contributed by atoms with Gasteiger partial charge in [-0.2, -0.15) is 0 Å². The maximum atomic E-state index is 11.0. The second-order valence-corrected chi connectivity index (χ2v) is 4.68. The van der Waals surface area contributed by atoms with Crippen LogP contribution in [0.15, 0.2) is 12.2 Å². The van der Waals surface area contributed by atoms with Gasteiger partial charge in [-0.25, -0.2) is 0 Å². The number of allylic oxidation sites excluding steroid dienone is 2. The first-order valence-electron chi connectivity index (χ1n) is 5.30. The molecule has 0 bridgehead atoms. The van der Waals surface area contributed by atoms with Crippen LogP contribution in [0.5, 0.6) is 0 Å². The first-order valence-corrected chi connectivity index (χ1v) is 5.30. The van der Waals surface area contributed by atoms with E-state index in [9.17, 15) is 4.79 Å². The van der Waals surface area contributed by atoms with Crippen molar-refractivity contribution in [1.29, 1.82) is 0 Å². The smallest absolute Gasteiger partial charge is 0.305 e. The topological polar surface area (TPSA) is 26.3 Å². The summed E-state index contributed by atoms with van der Waals surface area (Å²) < 4.78 is 4.65. The van der Waals surface area contributed by atoms with Crippen LogP contribution in [0.4, 0.5) is 0 Å². The Kier molecular flexibility index (Phi) is 3.73. The van der Waals surface area contributed by atoms with E-state index in [-0.39, 0.29) is 11.4 Å². The largest absolute Gasteiger partial charge is 0.469 e. The van der Waals surface area contributed by atoms with Gasteiger partial charge in [0.2, 0.25) is 0 Å². The Morgan fingerprint density at radius 2 is 2.36 bits per heavy atom. The third-order valence-electron chi connectivity index (χ3n) is 3.00. The van der Waals surface area contributed by atoms with E-state index in [1.807, 2.05) is 0 Å². The first kappa shape index (κ1) is 11.3. The molecule has 0 aromatic carbocycles. The second kappa shape index (κ2) is 4.63. The van der Waals surface area contributed by atoms with Crippen LogP contribution in [0.1, 0.15) is 39.5 Å². The lowest BCUT2D eigenvalue weighted by Crippen LogP contribution is -2.21. The lowest BCUT2D eigenvalue weighted by Gasteiger charge is -2.32. The summed E-state index contributed by atoms with van der Waals surface area (Å²) in [7, 11) is 1.45. The summed E-state index contributed by atoms with van der Waals surface area (Å²) in [5, 5.41) is 0. The van der Waals surface area contributed by atoms with Crippen LogP contribution in [0.2, 0.25) is 0 Å². The lowest BCUT2D eigenvalue weighted by atomic mass is 9.73. The molecule has 14 heavy (non-hydrogen) atoms. The van der Waals surface area contributed by atoms with E-state index < -0.39 is 0 Å². The van der Waals surface area contributed by atoms with Crippen molar-refractivity contribution < 1.29 is 9.53 Å². The normalized spacial score (nSPS) is 31.5. The molecule has 0 unspecified atom stereocenters. The predicted octanol–water partition coefficient (Wildman–Crippen LogP) is 2.93. The Morgan fingerprint density at radius 3 is 2.93 bits per heavy atom. The molecule has 0 heterocycles. The molecule has 2 heteroatoms. The number of hydrogen-bond donors (Lipinski definition) is 0. The van der Waals surface area contributed by atoms with Crippen LogP contribution < -0.4 is 0 Å². The number of esters is 1. The summed E-state index contributed by atoms with van der Waals surface area (Å²) in [6.07, 6.45) is 8.29. The van der Waals surface area contributed by atoms with E-state index in [0.29, 0.717) is 6.42 Å². The van der Waals surface area contributed by atoms with Crippen molar-refractivity contribution in [2.45, 2.75) is 39.5 Å². The van der Waals surface area contributed by atoms with Gasteiger partial charge in [0, 0.05) is 6.42 Å². The Morgan fingerprint density at radius 1 is 1.64 bits per heavy atom. The minimum absolute atomic E-state index is 0.0992. The van der Waals surface area contributed by atoms with Gasteiger partial charge in [-0.3, -0.25) is 4.79 Å². The predicted molar refractivity (Wildman–Crippen MR) is 56.9 cm³/mol. The zero-order chi connectivity index (χ0) is 10.6. The Bertz CT molecular complexity index is 232. The fourth-order valence-electron chi connectivity index (χ4n) is 2.21. The highest BCUT2D eigenvalue weighted by Gasteiger charge is 2.26. The molecule has 1 aliphatic carbocycles. The quantitative estimate of drug-likeness (QED) is 0.512. The molecule has 0 radical (unpaired) electrons. The number of ether oxygens (including phenoxy) is 1. The third kappa shape index (κ3) is 3.17. The Balaban J connectivity index is 2.45. The highest BCUT2D eigenvalue weighted by Crippen LogP contribution is 2.37. The van der Waals surface area contributed by atoms with Gasteiger partial charge in [0.1, 0.15) is 0 Å². The van der Waals surface area contributed by atoms with Gasteiger partial charge < -0.3 is 4.74 Å². The molecule has 1 aliphatic rings. The van der Waals surface area contributed by atoms with Crippen molar-refractivity contribution in [2.75, 3.05) is 7.11 Å². The van der Waals surface area contributed by atoms with Crippen LogP contribution in [0.25, 0.3) is 0 Å². The molecule has 0 saturated heterocycles. The van der Waals surface area contributed by atoms with Crippen molar-refractivity contribution in [2.24, 2.45) is 11.3 Å². The van der Waals surface area contributed by atoms with E-state index in [4.69, 9.17) is 0 Å². The highest BCUT2D eigenvalue weighted by molar-refractivity contribution is 5.69. The highest BCUT2D eigenvalue weighted by atomic mass is 16.5. The van der Waals surface area contributed by atoms with Crippen LogP contribution in [0.3, 0.4) is 0 Å². The van der Waals surface area contributed by atoms with E-state index in [2.05, 4.69) is 30.7 Å². The molecule has 2 atom stereocenters. The fraction of sp³-hybridized carbons (Fsp3) is 0.750. The van der Waals surface area contributed by atoms with E-state index in [0.717, 1.165) is 12.3 Å². The summed E-state index contributed by atoms with van der Waals surface area (Å²) in [5.74, 6) is 0.639. The second-order valence-electron chi connectivity index (χ2n) is 4.68. The third-order valence-corrected chi connectivity index (χ3v) is 3.00. The summed E-state index contributed by atoms with van der Waals surface area (Å²) in [6, 6.07) is 0. The van der Waals surface area contributed by atoms with Crippen LogP contribution >= 0.6 is 0 Å². The maximum Gasteiger partial charge on any atom is 0.305 e. The Labute approximate surface area is 86.3 Å². The molecule has 0 N–H and O–H groups in total. The number of carbonyl (C=O) groups excluding carboxylic acids is 1. The molecule has 0 aromatic heterocycles. The van der Waals surface area contributed by atoms with Gasteiger partial charge in [0.05, 0.1) is 7.11 Å². The SMILES string of the molecule is COC(=O)CC[C@@]1(C)C=CC[C@@H](C)C1. The molecule has 80 valence electrons. The van der Waals surface area contributed by atoms with Gasteiger partial charge in [-0.1, -0.05) is 26.0 Å². The molecule has 0 amide bonds. The van der Waals surface area contributed by atoms with Crippen molar-refractivity contribution in [3.8, 4) is 0 Å². The molecule has 1 rings (SSSR count). The zero-order valence-corrected chi connectivity index (χ0v) is 9.38. The number of methoxy groups -OCH3 is 1. The van der Waals surface area contributed by atoms with Crippen LogP contribution in [-0.2, 0) is 9.53 Å². The van der Waals surface area contributed by atoms with Gasteiger partial charge in [-0.05, 0) is 30.6 Å². The van der Waals surface area contributed by atoms with Crippen molar-refractivity contribution in [3.63, 3.8) is 0 Å². The molecule has 0 aliphatic heterocycles. The number of rotatable bonds is 3. The summed E-state index contributed by atoms with van der Waals surface area (Å²) >= 11 is 0. The maximum absolute atomic E-state index is 11.0. The summed E-state index contributed by atoms with van der Waals surface area (Å²) in [5.41, 5.74) is 0.200. The molecule has 0 aromatic rings. The van der Waals surface area contributed by atoms with Crippen LogP contribution in [0, 0.1) is 11.3 Å². The summed E-state index contributed by atoms with van der Waals surface area (Å²) in [6.45, 7) is 4.49. The number of hydrogen-bond acceptors (Lipinski definition) is 2. The Hall–Kier alpha value is -0.790. The lowest BCUT2D eigenvalue weighted by molar-refractivity contribution is -0.141. The minimum Gasteiger partial charge on any atom is -0.469 e. The van der Waals surface area contributed by atoms with Gasteiger partial charge in [0.25, 0.3) is 0 Å². The van der Waals surface area contributed by atoms with Crippen molar-refractivity contribution >= 4 is 5.97 Å².